The summed E-state index contributed by atoms with van der Waals surface area (Å²) in [6, 6.07) is 0.639. The van der Waals surface area contributed by atoms with E-state index >= 15 is 0 Å². The maximum absolute atomic E-state index is 4.96. The predicted octanol–water partition coefficient (Wildman–Crippen LogP) is 0.498. The minimum absolute atomic E-state index is 0. The Bertz CT molecular complexity index is 64.1. The minimum Gasteiger partial charge on any atom is -0.383 e. The third kappa shape index (κ3) is 3.08. The summed E-state index contributed by atoms with van der Waals surface area (Å²) in [5.74, 6) is 0. The Hall–Kier alpha value is 0.270. The van der Waals surface area contributed by atoms with E-state index in [1.807, 2.05) is 0 Å². The Morgan fingerprint density at radius 2 is 2.44 bits per heavy atom. The molecule has 0 saturated carbocycles. The van der Waals surface area contributed by atoms with Crippen LogP contribution in [0.4, 0.5) is 0 Å². The van der Waals surface area contributed by atoms with Gasteiger partial charge < -0.3 is 10.1 Å². The maximum Gasteiger partial charge on any atom is 0.0615 e. The van der Waals surface area contributed by atoms with Crippen LogP contribution >= 0.6 is 13.5 Å². The molecule has 1 unspecified atom stereocenters. The molecule has 1 aliphatic rings. The van der Waals surface area contributed by atoms with Crippen molar-refractivity contribution in [2.24, 2.45) is 0 Å². The molecule has 0 aliphatic carbocycles. The highest BCUT2D eigenvalue weighted by molar-refractivity contribution is 7.59. The van der Waals surface area contributed by atoms with E-state index in [-0.39, 0.29) is 13.5 Å². The number of hydrogen-bond donors (Lipinski definition) is 1. The first kappa shape index (κ1) is 9.27. The van der Waals surface area contributed by atoms with Gasteiger partial charge in [0, 0.05) is 13.2 Å². The Labute approximate surface area is 63.4 Å². The highest BCUT2D eigenvalue weighted by atomic mass is 32.1. The SMILES string of the molecule is COCC1CCCN1.S. The lowest BCUT2D eigenvalue weighted by Crippen LogP contribution is -2.25. The fourth-order valence-corrected chi connectivity index (χ4v) is 1.10. The fraction of sp³-hybridized carbons (Fsp3) is 1.00. The van der Waals surface area contributed by atoms with Crippen LogP contribution in [0.2, 0.25) is 0 Å². The smallest absolute Gasteiger partial charge is 0.0615 e. The third-order valence-corrected chi connectivity index (χ3v) is 1.53. The van der Waals surface area contributed by atoms with Crippen LogP contribution in [-0.2, 0) is 4.74 Å². The molecule has 0 aromatic carbocycles. The normalized spacial score (nSPS) is 25.7. The number of rotatable bonds is 2. The molecule has 0 bridgehead atoms. The summed E-state index contributed by atoms with van der Waals surface area (Å²) in [7, 11) is 1.75. The molecule has 0 aromatic rings. The van der Waals surface area contributed by atoms with E-state index in [1.165, 1.54) is 19.4 Å². The van der Waals surface area contributed by atoms with Crippen LogP contribution in [0, 0.1) is 0 Å². The number of nitrogens with one attached hydrogen (secondary N) is 1. The zero-order valence-corrected chi connectivity index (χ0v) is 6.81. The Morgan fingerprint density at radius 1 is 1.67 bits per heavy atom. The molecule has 0 spiro atoms. The van der Waals surface area contributed by atoms with Gasteiger partial charge in [0.15, 0.2) is 0 Å². The topological polar surface area (TPSA) is 21.3 Å². The van der Waals surface area contributed by atoms with Gasteiger partial charge in [0.05, 0.1) is 6.61 Å². The van der Waals surface area contributed by atoms with Gasteiger partial charge >= 0.3 is 0 Å². The average molecular weight is 149 g/mol. The third-order valence-electron chi connectivity index (χ3n) is 1.53. The van der Waals surface area contributed by atoms with E-state index in [0.717, 1.165) is 6.61 Å². The largest absolute Gasteiger partial charge is 0.383 e. The van der Waals surface area contributed by atoms with Crippen molar-refractivity contribution in [2.75, 3.05) is 20.3 Å². The molecule has 1 rings (SSSR count). The Morgan fingerprint density at radius 3 is 2.89 bits per heavy atom. The van der Waals surface area contributed by atoms with Gasteiger partial charge in [0.1, 0.15) is 0 Å². The first-order valence-corrected chi connectivity index (χ1v) is 3.16. The Balaban J connectivity index is 0.000000640. The van der Waals surface area contributed by atoms with Crippen molar-refractivity contribution in [3.63, 3.8) is 0 Å². The molecule has 1 N–H and O–H groups in total. The molecule has 1 aliphatic heterocycles. The Kier molecular flexibility index (Phi) is 5.24. The van der Waals surface area contributed by atoms with E-state index in [1.54, 1.807) is 7.11 Å². The van der Waals surface area contributed by atoms with E-state index in [2.05, 4.69) is 5.32 Å². The van der Waals surface area contributed by atoms with Crippen LogP contribution in [0.15, 0.2) is 0 Å². The van der Waals surface area contributed by atoms with Gasteiger partial charge in [-0.2, -0.15) is 13.5 Å². The molecule has 1 fully saturated rings. The van der Waals surface area contributed by atoms with Crippen molar-refractivity contribution in [3.05, 3.63) is 0 Å². The van der Waals surface area contributed by atoms with Gasteiger partial charge in [0.25, 0.3) is 0 Å². The molecule has 2 nitrogen and oxygen atoms in total. The highest BCUT2D eigenvalue weighted by Gasteiger charge is 2.11. The summed E-state index contributed by atoms with van der Waals surface area (Å²) in [5, 5.41) is 3.33. The zero-order chi connectivity index (χ0) is 5.82. The summed E-state index contributed by atoms with van der Waals surface area (Å²) in [4.78, 5) is 0. The first-order chi connectivity index (χ1) is 3.93. The summed E-state index contributed by atoms with van der Waals surface area (Å²) >= 11 is 0. The van der Waals surface area contributed by atoms with Crippen molar-refractivity contribution < 1.29 is 4.74 Å². The van der Waals surface area contributed by atoms with Crippen molar-refractivity contribution in [2.45, 2.75) is 18.9 Å². The standard InChI is InChI=1S/C6H13NO.H2S/c1-8-5-6-3-2-4-7-6;/h6-7H,2-5H2,1H3;1H2. The predicted molar refractivity (Wildman–Crippen MR) is 43.3 cm³/mol. The lowest BCUT2D eigenvalue weighted by atomic mass is 10.2. The molecule has 0 amide bonds. The van der Waals surface area contributed by atoms with Gasteiger partial charge in [-0.3, -0.25) is 0 Å². The lowest BCUT2D eigenvalue weighted by Gasteiger charge is -2.05. The maximum atomic E-state index is 4.96. The second-order valence-corrected chi connectivity index (χ2v) is 2.25. The van der Waals surface area contributed by atoms with Crippen molar-refractivity contribution >= 4 is 13.5 Å². The van der Waals surface area contributed by atoms with Crippen molar-refractivity contribution in [1.29, 1.82) is 0 Å². The fourth-order valence-electron chi connectivity index (χ4n) is 1.10. The molecule has 3 heteroatoms. The second kappa shape index (κ2) is 5.09. The van der Waals surface area contributed by atoms with Crippen LogP contribution in [-0.4, -0.2) is 26.3 Å². The number of methoxy groups -OCH3 is 1. The van der Waals surface area contributed by atoms with E-state index < -0.39 is 0 Å². The lowest BCUT2D eigenvalue weighted by molar-refractivity contribution is 0.173. The van der Waals surface area contributed by atoms with Crippen molar-refractivity contribution in [1.82, 2.24) is 5.32 Å². The van der Waals surface area contributed by atoms with Crippen LogP contribution in [0.5, 0.6) is 0 Å². The van der Waals surface area contributed by atoms with Gasteiger partial charge in [-0.25, -0.2) is 0 Å². The van der Waals surface area contributed by atoms with Crippen molar-refractivity contribution in [3.8, 4) is 0 Å². The van der Waals surface area contributed by atoms with E-state index in [4.69, 9.17) is 4.74 Å². The second-order valence-electron chi connectivity index (χ2n) is 2.25. The molecule has 0 radical (unpaired) electrons. The average Bonchev–Trinajstić information content (AvgIpc) is 2.19. The van der Waals surface area contributed by atoms with Crippen LogP contribution in [0.3, 0.4) is 0 Å². The molecule has 56 valence electrons. The summed E-state index contributed by atoms with van der Waals surface area (Å²) in [6.07, 6.45) is 2.60. The van der Waals surface area contributed by atoms with E-state index in [0.29, 0.717) is 6.04 Å². The summed E-state index contributed by atoms with van der Waals surface area (Å²) in [6.45, 7) is 2.05. The van der Waals surface area contributed by atoms with Gasteiger partial charge in [-0.1, -0.05) is 0 Å². The monoisotopic (exact) mass is 149 g/mol. The highest BCUT2D eigenvalue weighted by Crippen LogP contribution is 2.03. The molecule has 0 aromatic heterocycles. The van der Waals surface area contributed by atoms with E-state index in [9.17, 15) is 0 Å². The minimum atomic E-state index is 0. The van der Waals surface area contributed by atoms with Crippen LogP contribution < -0.4 is 5.32 Å². The van der Waals surface area contributed by atoms with Gasteiger partial charge in [-0.05, 0) is 19.4 Å². The first-order valence-electron chi connectivity index (χ1n) is 3.16. The summed E-state index contributed by atoms with van der Waals surface area (Å²) in [5.41, 5.74) is 0. The number of ether oxygens (including phenoxy) is 1. The number of hydrogen-bond acceptors (Lipinski definition) is 2. The quantitative estimate of drug-likeness (QED) is 0.617. The van der Waals surface area contributed by atoms with Crippen LogP contribution in [0.1, 0.15) is 12.8 Å². The van der Waals surface area contributed by atoms with Gasteiger partial charge in [0.2, 0.25) is 0 Å². The molecular weight excluding hydrogens is 134 g/mol. The van der Waals surface area contributed by atoms with Gasteiger partial charge in [-0.15, -0.1) is 0 Å². The summed E-state index contributed by atoms with van der Waals surface area (Å²) < 4.78 is 4.96. The van der Waals surface area contributed by atoms with Crippen LogP contribution in [0.25, 0.3) is 0 Å². The molecular formula is C6H15NOS. The molecule has 1 atom stereocenters. The molecule has 1 heterocycles. The molecule has 1 saturated heterocycles. The molecule has 9 heavy (non-hydrogen) atoms. The zero-order valence-electron chi connectivity index (χ0n) is 5.81.